The van der Waals surface area contributed by atoms with E-state index < -0.39 is 5.92 Å². The Bertz CT molecular complexity index is 1130. The molecule has 2 aromatic carbocycles. The number of rotatable bonds is 8. The lowest BCUT2D eigenvalue weighted by molar-refractivity contribution is -0.122. The minimum atomic E-state index is -0.431. The monoisotopic (exact) mass is 463 g/mol. The van der Waals surface area contributed by atoms with E-state index in [1.54, 1.807) is 29.2 Å². The SMILES string of the molecule is CCCCc1nnc(NC(=O)c2ccc(NC(=O)C3CC(=O)N(c4ccccc4)C3)cc2)s1. The Balaban J connectivity index is 1.32. The average molecular weight is 464 g/mol. The zero-order valence-corrected chi connectivity index (χ0v) is 19.1. The molecule has 170 valence electrons. The molecule has 1 aromatic heterocycles. The first kappa shape index (κ1) is 22.6. The molecule has 1 saturated heterocycles. The van der Waals surface area contributed by atoms with Crippen molar-refractivity contribution >= 4 is 45.6 Å². The van der Waals surface area contributed by atoms with Gasteiger partial charge in [-0.1, -0.05) is 42.9 Å². The second kappa shape index (κ2) is 10.4. The molecule has 1 unspecified atom stereocenters. The maximum absolute atomic E-state index is 12.7. The van der Waals surface area contributed by atoms with Crippen LogP contribution in [-0.2, 0) is 16.0 Å². The number of aromatic nitrogens is 2. The third-order valence-electron chi connectivity index (χ3n) is 5.41. The van der Waals surface area contributed by atoms with Crippen LogP contribution in [0.15, 0.2) is 54.6 Å². The molecule has 9 heteroatoms. The largest absolute Gasteiger partial charge is 0.326 e. The highest BCUT2D eigenvalue weighted by Crippen LogP contribution is 2.26. The van der Waals surface area contributed by atoms with Crippen LogP contribution in [0.1, 0.15) is 41.6 Å². The van der Waals surface area contributed by atoms with Crippen molar-refractivity contribution in [3.63, 3.8) is 0 Å². The van der Waals surface area contributed by atoms with E-state index in [9.17, 15) is 14.4 Å². The van der Waals surface area contributed by atoms with Crippen molar-refractivity contribution < 1.29 is 14.4 Å². The smallest absolute Gasteiger partial charge is 0.257 e. The average Bonchev–Trinajstić information content (AvgIpc) is 3.45. The van der Waals surface area contributed by atoms with E-state index in [1.807, 2.05) is 30.3 Å². The van der Waals surface area contributed by atoms with E-state index in [-0.39, 0.29) is 24.1 Å². The summed E-state index contributed by atoms with van der Waals surface area (Å²) in [6.45, 7) is 2.46. The Hall–Kier alpha value is -3.59. The lowest BCUT2D eigenvalue weighted by atomic mass is 10.1. The minimum absolute atomic E-state index is 0.0668. The zero-order valence-electron chi connectivity index (χ0n) is 18.3. The van der Waals surface area contributed by atoms with Gasteiger partial charge in [0, 0.05) is 36.3 Å². The molecule has 8 nitrogen and oxygen atoms in total. The van der Waals surface area contributed by atoms with Crippen molar-refractivity contribution in [2.45, 2.75) is 32.6 Å². The van der Waals surface area contributed by atoms with Gasteiger partial charge in [0.15, 0.2) is 0 Å². The summed E-state index contributed by atoms with van der Waals surface area (Å²) in [5.74, 6) is -0.999. The van der Waals surface area contributed by atoms with E-state index in [0.717, 1.165) is 30.0 Å². The molecule has 1 aliphatic rings. The second-order valence-electron chi connectivity index (χ2n) is 7.87. The molecule has 0 aliphatic carbocycles. The second-order valence-corrected chi connectivity index (χ2v) is 8.93. The van der Waals surface area contributed by atoms with Gasteiger partial charge in [0.1, 0.15) is 5.01 Å². The van der Waals surface area contributed by atoms with Crippen LogP contribution in [0.25, 0.3) is 0 Å². The number of hydrogen-bond donors (Lipinski definition) is 2. The molecule has 2 N–H and O–H groups in total. The fraction of sp³-hybridized carbons (Fsp3) is 0.292. The number of aryl methyl sites for hydroxylation is 1. The summed E-state index contributed by atoms with van der Waals surface area (Å²) in [4.78, 5) is 39.2. The van der Waals surface area contributed by atoms with E-state index in [4.69, 9.17) is 0 Å². The van der Waals surface area contributed by atoms with E-state index in [0.29, 0.717) is 22.9 Å². The van der Waals surface area contributed by atoms with Gasteiger partial charge in [-0.25, -0.2) is 0 Å². The quantitative estimate of drug-likeness (QED) is 0.523. The molecule has 4 rings (SSSR count). The van der Waals surface area contributed by atoms with E-state index in [2.05, 4.69) is 27.8 Å². The van der Waals surface area contributed by atoms with Gasteiger partial charge in [-0.2, -0.15) is 0 Å². The number of para-hydroxylation sites is 1. The summed E-state index contributed by atoms with van der Waals surface area (Å²) in [5, 5.41) is 15.1. The lowest BCUT2D eigenvalue weighted by Crippen LogP contribution is -2.28. The molecule has 33 heavy (non-hydrogen) atoms. The molecule has 0 saturated carbocycles. The topological polar surface area (TPSA) is 104 Å². The van der Waals surface area contributed by atoms with E-state index in [1.165, 1.54) is 11.3 Å². The normalized spacial score (nSPS) is 15.5. The number of amides is 3. The van der Waals surface area contributed by atoms with Crippen LogP contribution in [0.2, 0.25) is 0 Å². The summed E-state index contributed by atoms with van der Waals surface area (Å²) in [7, 11) is 0. The van der Waals surface area contributed by atoms with Crippen LogP contribution < -0.4 is 15.5 Å². The number of carbonyl (C=O) groups is 3. The highest BCUT2D eigenvalue weighted by Gasteiger charge is 2.35. The van der Waals surface area contributed by atoms with Crippen LogP contribution in [-0.4, -0.2) is 34.5 Å². The predicted octanol–water partition coefficient (Wildman–Crippen LogP) is 4.12. The van der Waals surface area contributed by atoms with Crippen molar-refractivity contribution in [2.24, 2.45) is 5.92 Å². The summed E-state index contributed by atoms with van der Waals surface area (Å²) in [6, 6.07) is 16.0. The molecule has 3 amide bonds. The number of nitrogens with zero attached hydrogens (tertiary/aromatic N) is 3. The first-order valence-electron chi connectivity index (χ1n) is 10.9. The maximum Gasteiger partial charge on any atom is 0.257 e. The fourth-order valence-electron chi connectivity index (χ4n) is 3.59. The van der Waals surface area contributed by atoms with Crippen LogP contribution in [0.5, 0.6) is 0 Å². The highest BCUT2D eigenvalue weighted by molar-refractivity contribution is 7.15. The number of hydrogen-bond acceptors (Lipinski definition) is 6. The van der Waals surface area contributed by atoms with Gasteiger partial charge < -0.3 is 10.2 Å². The first-order chi connectivity index (χ1) is 16.0. The van der Waals surface area contributed by atoms with Gasteiger partial charge in [-0.3, -0.25) is 19.7 Å². The third-order valence-corrected chi connectivity index (χ3v) is 6.31. The number of anilines is 3. The molecule has 1 fully saturated rings. The molecular weight excluding hydrogens is 438 g/mol. The minimum Gasteiger partial charge on any atom is -0.326 e. The summed E-state index contributed by atoms with van der Waals surface area (Å²) in [5.41, 5.74) is 1.81. The Morgan fingerprint density at radius 2 is 1.82 bits per heavy atom. The van der Waals surface area contributed by atoms with Gasteiger partial charge in [-0.15, -0.1) is 10.2 Å². The third kappa shape index (κ3) is 5.61. The van der Waals surface area contributed by atoms with Crippen LogP contribution in [0.3, 0.4) is 0 Å². The van der Waals surface area contributed by atoms with Gasteiger partial charge in [-0.05, 0) is 42.8 Å². The first-order valence-corrected chi connectivity index (χ1v) is 11.7. The number of unbranched alkanes of at least 4 members (excludes halogenated alkanes) is 1. The molecule has 1 atom stereocenters. The van der Waals surface area contributed by atoms with Crippen LogP contribution in [0.4, 0.5) is 16.5 Å². The molecule has 0 radical (unpaired) electrons. The van der Waals surface area contributed by atoms with Crippen molar-refractivity contribution in [1.29, 1.82) is 0 Å². The van der Waals surface area contributed by atoms with Crippen molar-refractivity contribution in [3.05, 3.63) is 65.2 Å². The van der Waals surface area contributed by atoms with Crippen molar-refractivity contribution in [1.82, 2.24) is 10.2 Å². The van der Waals surface area contributed by atoms with Gasteiger partial charge >= 0.3 is 0 Å². The van der Waals surface area contributed by atoms with Gasteiger partial charge in [0.25, 0.3) is 5.91 Å². The van der Waals surface area contributed by atoms with Crippen LogP contribution >= 0.6 is 11.3 Å². The van der Waals surface area contributed by atoms with Crippen LogP contribution in [0, 0.1) is 5.92 Å². The molecule has 3 aromatic rings. The molecule has 2 heterocycles. The zero-order chi connectivity index (χ0) is 23.2. The van der Waals surface area contributed by atoms with Gasteiger partial charge in [0.05, 0.1) is 5.92 Å². The maximum atomic E-state index is 12.7. The predicted molar refractivity (Wildman–Crippen MR) is 128 cm³/mol. The molecular formula is C24H25N5O3S. The molecule has 0 bridgehead atoms. The van der Waals surface area contributed by atoms with Crippen molar-refractivity contribution in [3.8, 4) is 0 Å². The Kier molecular flexibility index (Phi) is 7.09. The standard InChI is InChI=1S/C24H25N5O3S/c1-2-3-9-20-27-28-24(33-20)26-22(31)16-10-12-18(13-11-16)25-23(32)17-14-21(30)29(15-17)19-7-5-4-6-8-19/h4-8,10-13,17H,2-3,9,14-15H2,1H3,(H,25,32)(H,26,28,31). The fourth-order valence-corrected chi connectivity index (χ4v) is 4.37. The Morgan fingerprint density at radius 3 is 2.55 bits per heavy atom. The Labute approximate surface area is 196 Å². The number of nitrogens with one attached hydrogen (secondary N) is 2. The summed E-state index contributed by atoms with van der Waals surface area (Å²) < 4.78 is 0. The number of carbonyl (C=O) groups excluding carboxylic acids is 3. The lowest BCUT2D eigenvalue weighted by Gasteiger charge is -2.16. The Morgan fingerprint density at radius 1 is 1.06 bits per heavy atom. The van der Waals surface area contributed by atoms with Gasteiger partial charge in [0.2, 0.25) is 16.9 Å². The highest BCUT2D eigenvalue weighted by atomic mass is 32.1. The molecule has 0 spiro atoms. The summed E-state index contributed by atoms with van der Waals surface area (Å²) >= 11 is 1.38. The number of benzene rings is 2. The summed E-state index contributed by atoms with van der Waals surface area (Å²) in [6.07, 6.45) is 3.14. The van der Waals surface area contributed by atoms with E-state index >= 15 is 0 Å². The van der Waals surface area contributed by atoms with Crippen molar-refractivity contribution in [2.75, 3.05) is 22.1 Å². The molecule has 1 aliphatic heterocycles.